The van der Waals surface area contributed by atoms with E-state index in [1.807, 2.05) is 19.9 Å². The van der Waals surface area contributed by atoms with Gasteiger partial charge in [-0.3, -0.25) is 9.48 Å². The largest absolute Gasteiger partial charge is 0.495 e. The van der Waals surface area contributed by atoms with Gasteiger partial charge in [-0.15, -0.1) is 0 Å². The molecule has 1 amide bonds. The monoisotopic (exact) mass is 293 g/mol. The number of methoxy groups -OCH3 is 1. The Hall–Kier alpha value is -2.01. The zero-order valence-corrected chi connectivity index (χ0v) is 12.4. The molecule has 0 spiro atoms. The highest BCUT2D eigenvalue weighted by molar-refractivity contribution is 6.31. The molecule has 106 valence electrons. The second kappa shape index (κ2) is 5.96. The predicted octanol–water partition coefficient (Wildman–Crippen LogP) is 2.80. The summed E-state index contributed by atoms with van der Waals surface area (Å²) in [5.74, 6) is 0.382. The van der Waals surface area contributed by atoms with E-state index < -0.39 is 0 Å². The minimum absolute atomic E-state index is 0.148. The van der Waals surface area contributed by atoms with Crippen LogP contribution in [0.2, 0.25) is 5.02 Å². The van der Waals surface area contributed by atoms with E-state index in [1.165, 1.54) is 0 Å². The summed E-state index contributed by atoms with van der Waals surface area (Å²) in [6.07, 6.45) is 0. The fraction of sp³-hybridized carbons (Fsp3) is 0.286. The molecule has 0 aliphatic heterocycles. The van der Waals surface area contributed by atoms with Crippen LogP contribution in [0.3, 0.4) is 0 Å². The van der Waals surface area contributed by atoms with Crippen LogP contribution in [0.25, 0.3) is 0 Å². The molecule has 2 aromatic rings. The molecule has 0 unspecified atom stereocenters. The van der Waals surface area contributed by atoms with Gasteiger partial charge in [-0.25, -0.2) is 0 Å². The molecular weight excluding hydrogens is 278 g/mol. The summed E-state index contributed by atoms with van der Waals surface area (Å²) >= 11 is 5.92. The molecule has 2 rings (SSSR count). The summed E-state index contributed by atoms with van der Waals surface area (Å²) in [6, 6.07) is 6.99. The SMILES string of the molecule is COc1ccc(Cl)cc1NC(=O)Cn1nc(C)cc1C. The summed E-state index contributed by atoms with van der Waals surface area (Å²) in [6.45, 7) is 3.95. The third-order valence-electron chi connectivity index (χ3n) is 2.83. The van der Waals surface area contributed by atoms with Crippen molar-refractivity contribution in [2.75, 3.05) is 12.4 Å². The van der Waals surface area contributed by atoms with Crippen molar-refractivity contribution in [3.63, 3.8) is 0 Å². The first kappa shape index (κ1) is 14.4. The average molecular weight is 294 g/mol. The van der Waals surface area contributed by atoms with Gasteiger partial charge in [-0.2, -0.15) is 5.10 Å². The van der Waals surface area contributed by atoms with E-state index in [9.17, 15) is 4.79 Å². The fourth-order valence-electron chi connectivity index (χ4n) is 1.94. The van der Waals surface area contributed by atoms with Crippen molar-refractivity contribution in [2.45, 2.75) is 20.4 Å². The molecule has 0 aliphatic carbocycles. The number of hydrogen-bond acceptors (Lipinski definition) is 3. The number of carbonyl (C=O) groups is 1. The summed E-state index contributed by atoms with van der Waals surface area (Å²) < 4.78 is 6.84. The standard InChI is InChI=1S/C14H16ClN3O2/c1-9-6-10(2)18(17-9)8-14(19)16-12-7-11(15)4-5-13(12)20-3/h4-7H,8H2,1-3H3,(H,16,19). The molecule has 1 heterocycles. The molecule has 0 radical (unpaired) electrons. The molecule has 1 aromatic heterocycles. The maximum absolute atomic E-state index is 12.1. The van der Waals surface area contributed by atoms with E-state index in [0.717, 1.165) is 11.4 Å². The second-order valence-corrected chi connectivity index (χ2v) is 4.91. The Labute approximate surface area is 122 Å². The number of hydrogen-bond donors (Lipinski definition) is 1. The van der Waals surface area contributed by atoms with Crippen LogP contribution < -0.4 is 10.1 Å². The van der Waals surface area contributed by atoms with Crippen LogP contribution in [-0.2, 0) is 11.3 Å². The number of benzene rings is 1. The molecule has 0 atom stereocenters. The number of nitrogens with one attached hydrogen (secondary N) is 1. The molecule has 0 aliphatic rings. The molecule has 20 heavy (non-hydrogen) atoms. The van der Waals surface area contributed by atoms with Crippen LogP contribution in [0.1, 0.15) is 11.4 Å². The van der Waals surface area contributed by atoms with Gasteiger partial charge < -0.3 is 10.1 Å². The van der Waals surface area contributed by atoms with E-state index in [0.29, 0.717) is 16.5 Å². The van der Waals surface area contributed by atoms with Crippen LogP contribution >= 0.6 is 11.6 Å². The van der Waals surface area contributed by atoms with Crippen LogP contribution in [0, 0.1) is 13.8 Å². The smallest absolute Gasteiger partial charge is 0.246 e. The quantitative estimate of drug-likeness (QED) is 0.943. The van der Waals surface area contributed by atoms with Crippen molar-refractivity contribution in [1.82, 2.24) is 9.78 Å². The number of halogens is 1. The Morgan fingerprint density at radius 1 is 1.40 bits per heavy atom. The Balaban J connectivity index is 2.12. The van der Waals surface area contributed by atoms with Crippen molar-refractivity contribution < 1.29 is 9.53 Å². The summed E-state index contributed by atoms with van der Waals surface area (Å²) in [4.78, 5) is 12.1. The van der Waals surface area contributed by atoms with Crippen molar-refractivity contribution >= 4 is 23.2 Å². The van der Waals surface area contributed by atoms with Gasteiger partial charge in [0.2, 0.25) is 5.91 Å². The highest BCUT2D eigenvalue weighted by atomic mass is 35.5. The number of amides is 1. The molecule has 0 saturated heterocycles. The topological polar surface area (TPSA) is 56.1 Å². The maximum Gasteiger partial charge on any atom is 0.246 e. The van der Waals surface area contributed by atoms with Gasteiger partial charge in [-0.05, 0) is 38.1 Å². The Morgan fingerprint density at radius 3 is 2.75 bits per heavy atom. The third kappa shape index (κ3) is 3.30. The fourth-order valence-corrected chi connectivity index (χ4v) is 2.11. The van der Waals surface area contributed by atoms with E-state index in [1.54, 1.807) is 30.0 Å². The number of aromatic nitrogens is 2. The Morgan fingerprint density at radius 2 is 2.15 bits per heavy atom. The molecule has 0 saturated carbocycles. The maximum atomic E-state index is 12.1. The van der Waals surface area contributed by atoms with Crippen LogP contribution in [0.5, 0.6) is 5.75 Å². The Bertz CT molecular complexity index is 637. The number of anilines is 1. The lowest BCUT2D eigenvalue weighted by Gasteiger charge is -2.11. The van der Waals surface area contributed by atoms with E-state index in [2.05, 4.69) is 10.4 Å². The molecule has 5 nitrogen and oxygen atoms in total. The van der Waals surface area contributed by atoms with Crippen molar-refractivity contribution in [3.05, 3.63) is 40.7 Å². The average Bonchev–Trinajstić information content (AvgIpc) is 2.68. The molecular formula is C14H16ClN3O2. The zero-order chi connectivity index (χ0) is 14.7. The van der Waals surface area contributed by atoms with Gasteiger partial charge in [0.25, 0.3) is 0 Å². The minimum atomic E-state index is -0.184. The Kier molecular flexibility index (Phi) is 4.29. The number of rotatable bonds is 4. The van der Waals surface area contributed by atoms with Gasteiger partial charge in [0, 0.05) is 10.7 Å². The van der Waals surface area contributed by atoms with Crippen molar-refractivity contribution in [2.24, 2.45) is 0 Å². The van der Waals surface area contributed by atoms with Gasteiger partial charge in [0.05, 0.1) is 18.5 Å². The molecule has 0 bridgehead atoms. The summed E-state index contributed by atoms with van der Waals surface area (Å²) in [5.41, 5.74) is 2.37. The lowest BCUT2D eigenvalue weighted by Crippen LogP contribution is -2.20. The summed E-state index contributed by atoms with van der Waals surface area (Å²) in [5, 5.41) is 7.56. The summed E-state index contributed by atoms with van der Waals surface area (Å²) in [7, 11) is 1.54. The highest BCUT2D eigenvalue weighted by Gasteiger charge is 2.10. The normalized spacial score (nSPS) is 10.4. The van der Waals surface area contributed by atoms with E-state index in [-0.39, 0.29) is 12.5 Å². The molecule has 1 N–H and O–H groups in total. The molecule has 6 heteroatoms. The van der Waals surface area contributed by atoms with Gasteiger partial charge in [-0.1, -0.05) is 11.6 Å². The van der Waals surface area contributed by atoms with E-state index >= 15 is 0 Å². The predicted molar refractivity (Wildman–Crippen MR) is 78.3 cm³/mol. The lowest BCUT2D eigenvalue weighted by molar-refractivity contribution is -0.116. The van der Waals surface area contributed by atoms with Crippen molar-refractivity contribution in [3.8, 4) is 5.75 Å². The van der Waals surface area contributed by atoms with Crippen LogP contribution in [0.15, 0.2) is 24.3 Å². The van der Waals surface area contributed by atoms with Gasteiger partial charge in [0.15, 0.2) is 0 Å². The molecule has 0 fully saturated rings. The van der Waals surface area contributed by atoms with E-state index in [4.69, 9.17) is 16.3 Å². The van der Waals surface area contributed by atoms with Gasteiger partial charge in [0.1, 0.15) is 12.3 Å². The second-order valence-electron chi connectivity index (χ2n) is 4.48. The number of aryl methyl sites for hydroxylation is 2. The van der Waals surface area contributed by atoms with Crippen LogP contribution in [-0.4, -0.2) is 22.8 Å². The van der Waals surface area contributed by atoms with Gasteiger partial charge >= 0.3 is 0 Å². The minimum Gasteiger partial charge on any atom is -0.495 e. The zero-order valence-electron chi connectivity index (χ0n) is 11.6. The van der Waals surface area contributed by atoms with Crippen molar-refractivity contribution in [1.29, 1.82) is 0 Å². The number of carbonyl (C=O) groups excluding carboxylic acids is 1. The highest BCUT2D eigenvalue weighted by Crippen LogP contribution is 2.27. The lowest BCUT2D eigenvalue weighted by atomic mass is 10.3. The number of nitrogens with zero attached hydrogens (tertiary/aromatic N) is 2. The third-order valence-corrected chi connectivity index (χ3v) is 3.07. The first-order valence-corrected chi connectivity index (χ1v) is 6.52. The first-order valence-electron chi connectivity index (χ1n) is 6.14. The number of ether oxygens (including phenoxy) is 1. The van der Waals surface area contributed by atoms with Crippen LogP contribution in [0.4, 0.5) is 5.69 Å². The first-order chi connectivity index (χ1) is 9.49. The molecule has 1 aromatic carbocycles.